The van der Waals surface area contributed by atoms with E-state index < -0.39 is 0 Å². The first kappa shape index (κ1) is 7.17. The molecule has 2 heterocycles. The lowest BCUT2D eigenvalue weighted by Gasteiger charge is -2.14. The summed E-state index contributed by atoms with van der Waals surface area (Å²) in [7, 11) is 0. The van der Waals surface area contributed by atoms with Crippen molar-refractivity contribution in [2.24, 2.45) is 0 Å². The fourth-order valence-electron chi connectivity index (χ4n) is 1.60. The second kappa shape index (κ2) is 2.52. The Bertz CT molecular complexity index is 278. The van der Waals surface area contributed by atoms with Gasteiger partial charge in [0.05, 0.1) is 5.69 Å². The van der Waals surface area contributed by atoms with Gasteiger partial charge < -0.3 is 4.57 Å². The summed E-state index contributed by atoms with van der Waals surface area (Å²) in [6.07, 6.45) is 3.61. The maximum Gasteiger partial charge on any atom is 0.150 e. The zero-order valence-corrected chi connectivity index (χ0v) is 7.36. The van der Waals surface area contributed by atoms with Crippen LogP contribution in [-0.4, -0.2) is 9.55 Å². The Balaban J connectivity index is 2.50. The molecule has 3 heteroatoms. The van der Waals surface area contributed by atoms with Crippen molar-refractivity contribution >= 4 is 11.6 Å². The van der Waals surface area contributed by atoms with Crippen LogP contribution < -0.4 is 0 Å². The van der Waals surface area contributed by atoms with Crippen molar-refractivity contribution < 1.29 is 0 Å². The molecule has 60 valence electrons. The summed E-state index contributed by atoms with van der Waals surface area (Å²) in [6.45, 7) is 3.13. The van der Waals surface area contributed by atoms with E-state index in [1.165, 1.54) is 18.7 Å². The normalized spacial score (nSPS) is 16.5. The van der Waals surface area contributed by atoms with Crippen molar-refractivity contribution in [1.29, 1.82) is 0 Å². The van der Waals surface area contributed by atoms with E-state index in [0.29, 0.717) is 5.15 Å². The van der Waals surface area contributed by atoms with Crippen LogP contribution in [0, 0.1) is 6.92 Å². The number of aryl methyl sites for hydroxylation is 1. The molecule has 0 bridgehead atoms. The molecule has 0 aliphatic carbocycles. The van der Waals surface area contributed by atoms with Gasteiger partial charge in [-0.05, 0) is 19.8 Å². The summed E-state index contributed by atoms with van der Waals surface area (Å²) < 4.78 is 2.23. The smallest absolute Gasteiger partial charge is 0.150 e. The highest BCUT2D eigenvalue weighted by molar-refractivity contribution is 6.30. The molecule has 1 aromatic rings. The van der Waals surface area contributed by atoms with Crippen LogP contribution in [0.15, 0.2) is 0 Å². The van der Waals surface area contributed by atoms with E-state index >= 15 is 0 Å². The van der Waals surface area contributed by atoms with Crippen molar-refractivity contribution in [3.63, 3.8) is 0 Å². The van der Waals surface area contributed by atoms with E-state index in [4.69, 9.17) is 11.6 Å². The molecule has 0 radical (unpaired) electrons. The average molecular weight is 171 g/mol. The topological polar surface area (TPSA) is 17.8 Å². The van der Waals surface area contributed by atoms with Crippen molar-refractivity contribution in [3.05, 3.63) is 16.7 Å². The van der Waals surface area contributed by atoms with Gasteiger partial charge in [0.25, 0.3) is 0 Å². The minimum atomic E-state index is 0.682. The third-order valence-electron chi connectivity index (χ3n) is 2.27. The summed E-state index contributed by atoms with van der Waals surface area (Å²) in [6, 6.07) is 0. The van der Waals surface area contributed by atoms with Gasteiger partial charge in [-0.15, -0.1) is 0 Å². The second-order valence-corrected chi connectivity index (χ2v) is 3.37. The fourth-order valence-corrected chi connectivity index (χ4v) is 1.80. The highest BCUT2D eigenvalue weighted by atomic mass is 35.5. The maximum atomic E-state index is 5.89. The van der Waals surface area contributed by atoms with Crippen LogP contribution in [0.4, 0.5) is 0 Å². The molecule has 0 amide bonds. The van der Waals surface area contributed by atoms with Crippen molar-refractivity contribution in [2.45, 2.75) is 32.7 Å². The van der Waals surface area contributed by atoms with Crippen molar-refractivity contribution in [3.8, 4) is 0 Å². The number of fused-ring (bicyclic) bond motifs is 1. The van der Waals surface area contributed by atoms with Crippen LogP contribution in [0.2, 0.25) is 5.15 Å². The van der Waals surface area contributed by atoms with E-state index in [9.17, 15) is 0 Å². The molecule has 0 fully saturated rings. The van der Waals surface area contributed by atoms with E-state index in [0.717, 1.165) is 18.7 Å². The third kappa shape index (κ3) is 1.06. The molecule has 0 spiro atoms. The molecular weight excluding hydrogens is 160 g/mol. The molecule has 0 saturated carbocycles. The second-order valence-electron chi connectivity index (χ2n) is 3.01. The van der Waals surface area contributed by atoms with Gasteiger partial charge in [0.15, 0.2) is 0 Å². The summed E-state index contributed by atoms with van der Waals surface area (Å²) in [5.74, 6) is 1.17. The van der Waals surface area contributed by atoms with Crippen LogP contribution in [0.1, 0.15) is 24.4 Å². The van der Waals surface area contributed by atoms with Gasteiger partial charge in [0, 0.05) is 13.0 Å². The first-order valence-corrected chi connectivity index (χ1v) is 4.38. The Morgan fingerprint density at radius 2 is 2.27 bits per heavy atom. The molecule has 1 aliphatic rings. The minimum Gasteiger partial charge on any atom is -0.331 e. The van der Waals surface area contributed by atoms with Gasteiger partial charge in [0.1, 0.15) is 11.0 Å². The van der Waals surface area contributed by atoms with Gasteiger partial charge in [-0.25, -0.2) is 4.98 Å². The molecule has 11 heavy (non-hydrogen) atoms. The van der Waals surface area contributed by atoms with Crippen LogP contribution in [-0.2, 0) is 13.0 Å². The molecular formula is C8H11ClN2. The number of rotatable bonds is 0. The van der Waals surface area contributed by atoms with E-state index in [-0.39, 0.29) is 0 Å². The largest absolute Gasteiger partial charge is 0.331 e. The lowest BCUT2D eigenvalue weighted by Crippen LogP contribution is -2.11. The molecule has 1 aromatic heterocycles. The van der Waals surface area contributed by atoms with Crippen LogP contribution in [0.3, 0.4) is 0 Å². The maximum absolute atomic E-state index is 5.89. The molecule has 0 aromatic carbocycles. The average Bonchev–Trinajstić information content (AvgIpc) is 2.30. The Morgan fingerprint density at radius 3 is 3.00 bits per heavy atom. The number of aromatic nitrogens is 2. The molecule has 2 rings (SSSR count). The van der Waals surface area contributed by atoms with Gasteiger partial charge in [-0.2, -0.15) is 0 Å². The monoisotopic (exact) mass is 170 g/mol. The standard InChI is InChI=1S/C8H11ClN2/c1-6-8(9)10-7-4-2-3-5-11(6)7/h2-5H2,1H3. The van der Waals surface area contributed by atoms with E-state index in [1.807, 2.05) is 6.92 Å². The Hall–Kier alpha value is -0.500. The minimum absolute atomic E-state index is 0.682. The predicted molar refractivity (Wildman–Crippen MR) is 44.9 cm³/mol. The molecule has 0 unspecified atom stereocenters. The fraction of sp³-hybridized carbons (Fsp3) is 0.625. The first-order valence-electron chi connectivity index (χ1n) is 4.00. The molecule has 0 atom stereocenters. The van der Waals surface area contributed by atoms with Crippen molar-refractivity contribution in [1.82, 2.24) is 9.55 Å². The van der Waals surface area contributed by atoms with Gasteiger partial charge in [0.2, 0.25) is 0 Å². The number of hydrogen-bond acceptors (Lipinski definition) is 1. The summed E-state index contributed by atoms with van der Waals surface area (Å²) in [5.41, 5.74) is 1.13. The highest BCUT2D eigenvalue weighted by Crippen LogP contribution is 2.21. The van der Waals surface area contributed by atoms with Crippen LogP contribution in [0.5, 0.6) is 0 Å². The predicted octanol–water partition coefficient (Wildman–Crippen LogP) is 2.18. The Kier molecular flexibility index (Phi) is 1.64. The highest BCUT2D eigenvalue weighted by Gasteiger charge is 2.14. The molecule has 0 N–H and O–H groups in total. The van der Waals surface area contributed by atoms with Gasteiger partial charge in [-0.1, -0.05) is 11.6 Å². The summed E-state index contributed by atoms with van der Waals surface area (Å²) in [4.78, 5) is 4.28. The molecule has 2 nitrogen and oxygen atoms in total. The Labute approximate surface area is 71.2 Å². The van der Waals surface area contributed by atoms with E-state index in [2.05, 4.69) is 9.55 Å². The zero-order valence-electron chi connectivity index (χ0n) is 6.60. The number of nitrogens with zero attached hydrogens (tertiary/aromatic N) is 2. The molecule has 0 saturated heterocycles. The van der Waals surface area contributed by atoms with Gasteiger partial charge >= 0.3 is 0 Å². The zero-order chi connectivity index (χ0) is 7.84. The molecule has 1 aliphatic heterocycles. The van der Waals surface area contributed by atoms with Gasteiger partial charge in [-0.3, -0.25) is 0 Å². The van der Waals surface area contributed by atoms with Crippen molar-refractivity contribution in [2.75, 3.05) is 0 Å². The summed E-state index contributed by atoms with van der Waals surface area (Å²) >= 11 is 5.89. The SMILES string of the molecule is Cc1c(Cl)nc2n1CCCC2. The number of halogens is 1. The number of imidazole rings is 1. The van der Waals surface area contributed by atoms with E-state index in [1.54, 1.807) is 0 Å². The lowest BCUT2D eigenvalue weighted by atomic mass is 10.2. The summed E-state index contributed by atoms with van der Waals surface area (Å²) in [5, 5.41) is 0.682. The quantitative estimate of drug-likeness (QED) is 0.584. The van der Waals surface area contributed by atoms with Crippen LogP contribution in [0.25, 0.3) is 0 Å². The third-order valence-corrected chi connectivity index (χ3v) is 2.63. The van der Waals surface area contributed by atoms with Crippen LogP contribution >= 0.6 is 11.6 Å². The Morgan fingerprint density at radius 1 is 1.45 bits per heavy atom. The number of hydrogen-bond donors (Lipinski definition) is 0. The lowest BCUT2D eigenvalue weighted by molar-refractivity contribution is 0.514. The first-order chi connectivity index (χ1) is 5.29.